The maximum Gasteiger partial charge on any atom is 0.331 e. The molecule has 3 N–H and O–H groups in total. The van der Waals surface area contributed by atoms with Gasteiger partial charge in [0.05, 0.1) is 19.4 Å². The van der Waals surface area contributed by atoms with Gasteiger partial charge >= 0.3 is 11.7 Å². The number of nitrogen functional groups attached to an aromatic ring is 1. The number of furan rings is 1. The zero-order valence-electron chi connectivity index (χ0n) is 18.4. The van der Waals surface area contributed by atoms with Crippen LogP contribution in [0, 0.1) is 0 Å². The lowest BCUT2D eigenvalue weighted by atomic mass is 10.2. The monoisotopic (exact) mass is 468 g/mol. The molecule has 2 aromatic heterocycles. The van der Waals surface area contributed by atoms with Crippen LogP contribution in [0.1, 0.15) is 11.3 Å². The van der Waals surface area contributed by atoms with Crippen LogP contribution in [-0.4, -0.2) is 48.3 Å². The van der Waals surface area contributed by atoms with Gasteiger partial charge in [0.2, 0.25) is 0 Å². The van der Waals surface area contributed by atoms with E-state index in [1.165, 1.54) is 19.4 Å². The molecule has 11 heteroatoms. The Morgan fingerprint density at radius 3 is 2.62 bits per heavy atom. The minimum Gasteiger partial charge on any atom is -0.465 e. The van der Waals surface area contributed by atoms with Crippen molar-refractivity contribution in [3.8, 4) is 0 Å². The van der Waals surface area contributed by atoms with Crippen LogP contribution < -0.4 is 21.9 Å². The average molecular weight is 468 g/mol. The molecule has 1 aromatic carbocycles. The summed E-state index contributed by atoms with van der Waals surface area (Å²) in [4.78, 5) is 53.1. The van der Waals surface area contributed by atoms with Crippen molar-refractivity contribution in [2.75, 3.05) is 37.5 Å². The van der Waals surface area contributed by atoms with Crippen molar-refractivity contribution in [3.63, 3.8) is 0 Å². The summed E-state index contributed by atoms with van der Waals surface area (Å²) in [6, 6.07) is 12.3. The molecule has 0 bridgehead atoms. The van der Waals surface area contributed by atoms with Crippen LogP contribution in [0.3, 0.4) is 0 Å². The van der Waals surface area contributed by atoms with E-state index in [0.29, 0.717) is 5.76 Å². The summed E-state index contributed by atoms with van der Waals surface area (Å²) in [7, 11) is 1.42. The van der Waals surface area contributed by atoms with E-state index in [0.717, 1.165) is 21.1 Å². The van der Waals surface area contributed by atoms with E-state index in [9.17, 15) is 19.2 Å². The number of H-pyrrole nitrogens is 1. The molecule has 0 radical (unpaired) electrons. The summed E-state index contributed by atoms with van der Waals surface area (Å²) in [6.45, 7) is -0.587. The molecule has 0 spiro atoms. The lowest BCUT2D eigenvalue weighted by Crippen LogP contribution is -2.44. The summed E-state index contributed by atoms with van der Waals surface area (Å²) < 4.78 is 16.3. The molecule has 11 nitrogen and oxygen atoms in total. The smallest absolute Gasteiger partial charge is 0.331 e. The van der Waals surface area contributed by atoms with Gasteiger partial charge in [0.15, 0.2) is 12.3 Å². The number of nitrogens with zero attached hydrogens (tertiary/aromatic N) is 2. The first-order valence-electron chi connectivity index (χ1n) is 10.2. The SMILES string of the molecule is COCCN(C(=O)COC(=O)/C=C/c1ccco1)c1c(N)n(Cc2ccccc2)c(=O)[nH]c1=O. The quantitative estimate of drug-likeness (QED) is 0.330. The highest BCUT2D eigenvalue weighted by atomic mass is 16.5. The minimum absolute atomic E-state index is 0.0636. The summed E-state index contributed by atoms with van der Waals surface area (Å²) in [5.41, 5.74) is 5.14. The number of nitrogens with two attached hydrogens (primary N) is 1. The van der Waals surface area contributed by atoms with Crippen molar-refractivity contribution in [2.45, 2.75) is 6.54 Å². The molecule has 0 unspecified atom stereocenters. The predicted molar refractivity (Wildman–Crippen MR) is 124 cm³/mol. The second kappa shape index (κ2) is 11.5. The zero-order valence-corrected chi connectivity index (χ0v) is 18.4. The molecule has 1 amide bonds. The van der Waals surface area contributed by atoms with Crippen LogP contribution in [0.4, 0.5) is 11.5 Å². The predicted octanol–water partition coefficient (Wildman–Crippen LogP) is 0.996. The first-order valence-corrected chi connectivity index (χ1v) is 10.2. The number of carbonyl (C=O) groups excluding carboxylic acids is 2. The number of esters is 1. The summed E-state index contributed by atoms with van der Waals surface area (Å²) in [5.74, 6) is -1.28. The van der Waals surface area contributed by atoms with Crippen LogP contribution in [0.15, 0.2) is 68.8 Å². The molecule has 2 heterocycles. The molecular formula is C23H24N4O7. The Kier molecular flexibility index (Phi) is 8.19. The Balaban J connectivity index is 1.84. The molecule has 178 valence electrons. The van der Waals surface area contributed by atoms with E-state index in [1.807, 2.05) is 6.07 Å². The number of methoxy groups -OCH3 is 1. The van der Waals surface area contributed by atoms with Gasteiger partial charge < -0.3 is 19.6 Å². The van der Waals surface area contributed by atoms with Gasteiger partial charge in [-0.25, -0.2) is 9.59 Å². The topological polar surface area (TPSA) is 150 Å². The zero-order chi connectivity index (χ0) is 24.5. The lowest BCUT2D eigenvalue weighted by Gasteiger charge is -2.24. The second-order valence-electron chi connectivity index (χ2n) is 7.06. The van der Waals surface area contributed by atoms with E-state index in [4.69, 9.17) is 19.6 Å². The third-order valence-corrected chi connectivity index (χ3v) is 4.75. The molecule has 0 atom stereocenters. The maximum atomic E-state index is 12.9. The van der Waals surface area contributed by atoms with Crippen LogP contribution in [0.25, 0.3) is 6.08 Å². The highest BCUT2D eigenvalue weighted by Gasteiger charge is 2.25. The first-order chi connectivity index (χ1) is 16.4. The maximum absolute atomic E-state index is 12.9. The molecular weight excluding hydrogens is 444 g/mol. The van der Waals surface area contributed by atoms with Crippen molar-refractivity contribution in [1.82, 2.24) is 9.55 Å². The fraction of sp³-hybridized carbons (Fsp3) is 0.217. The molecule has 34 heavy (non-hydrogen) atoms. The highest BCUT2D eigenvalue weighted by Crippen LogP contribution is 2.18. The third kappa shape index (κ3) is 6.11. The highest BCUT2D eigenvalue weighted by molar-refractivity contribution is 5.98. The number of ether oxygens (including phenoxy) is 2. The number of carbonyl (C=O) groups is 2. The summed E-state index contributed by atoms with van der Waals surface area (Å²) in [5, 5.41) is 0. The normalized spacial score (nSPS) is 11.0. The van der Waals surface area contributed by atoms with Crippen LogP contribution in [-0.2, 0) is 25.6 Å². The molecule has 0 aliphatic heterocycles. The number of benzene rings is 1. The summed E-state index contributed by atoms with van der Waals surface area (Å²) >= 11 is 0. The van der Waals surface area contributed by atoms with Crippen LogP contribution >= 0.6 is 0 Å². The van der Waals surface area contributed by atoms with Crippen molar-refractivity contribution >= 4 is 29.5 Å². The molecule has 0 aliphatic rings. The lowest BCUT2D eigenvalue weighted by molar-refractivity contribution is -0.142. The number of amides is 1. The third-order valence-electron chi connectivity index (χ3n) is 4.75. The van der Waals surface area contributed by atoms with Crippen LogP contribution in [0.5, 0.6) is 0 Å². The summed E-state index contributed by atoms with van der Waals surface area (Å²) in [6.07, 6.45) is 3.94. The molecule has 3 rings (SSSR count). The fourth-order valence-electron chi connectivity index (χ4n) is 3.10. The van der Waals surface area contributed by atoms with Gasteiger partial charge in [-0.05, 0) is 23.8 Å². The van der Waals surface area contributed by atoms with E-state index in [-0.39, 0.29) is 31.2 Å². The molecule has 3 aromatic rings. The number of rotatable bonds is 10. The van der Waals surface area contributed by atoms with Gasteiger partial charge in [-0.15, -0.1) is 0 Å². The number of aromatic amines is 1. The number of aromatic nitrogens is 2. The Morgan fingerprint density at radius 2 is 1.94 bits per heavy atom. The van der Waals surface area contributed by atoms with Crippen molar-refractivity contribution in [1.29, 1.82) is 0 Å². The van der Waals surface area contributed by atoms with Crippen molar-refractivity contribution in [2.24, 2.45) is 0 Å². The number of hydrogen-bond donors (Lipinski definition) is 2. The van der Waals surface area contributed by atoms with E-state index < -0.39 is 29.7 Å². The van der Waals surface area contributed by atoms with Gasteiger partial charge in [0.25, 0.3) is 11.5 Å². The Morgan fingerprint density at radius 1 is 1.18 bits per heavy atom. The molecule has 0 saturated heterocycles. The second-order valence-corrected chi connectivity index (χ2v) is 7.06. The number of anilines is 2. The standard InChI is InChI=1S/C23H24N4O7/c1-32-13-11-26(18(28)15-34-19(29)10-9-17-8-5-12-33-17)20-21(24)27(23(31)25-22(20)30)14-16-6-3-2-4-7-16/h2-10,12H,11,13-15,24H2,1H3,(H,25,30,31)/b10-9+. The van der Waals surface area contributed by atoms with Crippen molar-refractivity contribution < 1.29 is 23.5 Å². The first kappa shape index (κ1) is 24.3. The molecule has 0 aliphatic carbocycles. The van der Waals surface area contributed by atoms with E-state index in [1.54, 1.807) is 36.4 Å². The van der Waals surface area contributed by atoms with Gasteiger partial charge in [-0.3, -0.25) is 24.0 Å². The van der Waals surface area contributed by atoms with Gasteiger partial charge in [-0.2, -0.15) is 0 Å². The minimum atomic E-state index is -0.847. The largest absolute Gasteiger partial charge is 0.465 e. The van der Waals surface area contributed by atoms with Crippen molar-refractivity contribution in [3.05, 3.63) is 87.0 Å². The number of hydrogen-bond acceptors (Lipinski definition) is 8. The van der Waals surface area contributed by atoms with Gasteiger partial charge in [0, 0.05) is 19.7 Å². The number of nitrogens with one attached hydrogen (secondary N) is 1. The van der Waals surface area contributed by atoms with Crippen LogP contribution in [0.2, 0.25) is 0 Å². The average Bonchev–Trinajstić information content (AvgIpc) is 3.35. The Bertz CT molecular complexity index is 1260. The fourth-order valence-corrected chi connectivity index (χ4v) is 3.10. The van der Waals surface area contributed by atoms with Gasteiger partial charge in [0.1, 0.15) is 11.6 Å². The van der Waals surface area contributed by atoms with Gasteiger partial charge in [-0.1, -0.05) is 30.3 Å². The molecule has 0 saturated carbocycles. The Hall–Kier alpha value is -4.38. The van der Waals surface area contributed by atoms with E-state index >= 15 is 0 Å². The van der Waals surface area contributed by atoms with E-state index in [2.05, 4.69) is 4.98 Å². The Labute approximate surface area is 194 Å². The molecule has 0 fully saturated rings.